The summed E-state index contributed by atoms with van der Waals surface area (Å²) in [5, 5.41) is 8.67. The number of carboxylic acid groups (broad SMARTS) is 1. The minimum atomic E-state index is -0.820. The lowest BCUT2D eigenvalue weighted by molar-refractivity contribution is -0.132. The fourth-order valence-corrected chi connectivity index (χ4v) is 2.69. The monoisotopic (exact) mass is 215 g/mol. The third kappa shape index (κ3) is 3.35. The molecule has 3 nitrogen and oxygen atoms in total. The summed E-state index contributed by atoms with van der Waals surface area (Å²) in [7, 11) is 2.06. The van der Waals surface area contributed by atoms with Gasteiger partial charge in [0, 0.05) is 23.9 Å². The van der Waals surface area contributed by atoms with E-state index in [1.165, 1.54) is 17.9 Å². The fourth-order valence-electron chi connectivity index (χ4n) is 1.39. The van der Waals surface area contributed by atoms with Crippen molar-refractivity contribution in [2.45, 2.75) is 19.4 Å². The molecule has 1 aliphatic heterocycles. The van der Waals surface area contributed by atoms with Crippen LogP contribution in [-0.2, 0) is 4.79 Å². The second kappa shape index (κ2) is 5.41. The highest BCUT2D eigenvalue weighted by Crippen LogP contribution is 2.21. The Hall–Kier alpha value is -0.480. The normalized spacial score (nSPS) is 23.1. The summed E-state index contributed by atoms with van der Waals surface area (Å²) in [5.74, 6) is 1.59. The predicted octanol–water partition coefficient (Wildman–Crippen LogP) is 1.45. The van der Waals surface area contributed by atoms with Gasteiger partial charge in [0.2, 0.25) is 0 Å². The standard InChI is InChI=1S/C10H17NO2S/c1-8(10(12)13)3-5-11(2)9-4-6-14-7-9/h3,9H,4-7H2,1-2H3,(H,12,13). The van der Waals surface area contributed by atoms with Crippen molar-refractivity contribution >= 4 is 17.7 Å². The van der Waals surface area contributed by atoms with Crippen LogP contribution in [0.25, 0.3) is 0 Å². The van der Waals surface area contributed by atoms with Gasteiger partial charge in [-0.05, 0) is 26.1 Å². The summed E-state index contributed by atoms with van der Waals surface area (Å²) in [4.78, 5) is 12.8. The van der Waals surface area contributed by atoms with Crippen LogP contribution in [0.1, 0.15) is 13.3 Å². The van der Waals surface area contributed by atoms with Gasteiger partial charge in [-0.3, -0.25) is 4.90 Å². The summed E-state index contributed by atoms with van der Waals surface area (Å²) in [6, 6.07) is 0.623. The molecule has 1 unspecified atom stereocenters. The largest absolute Gasteiger partial charge is 0.478 e. The van der Waals surface area contributed by atoms with Crippen LogP contribution in [0.15, 0.2) is 11.6 Å². The molecule has 1 atom stereocenters. The lowest BCUT2D eigenvalue weighted by atomic mass is 10.2. The van der Waals surface area contributed by atoms with Gasteiger partial charge in [-0.2, -0.15) is 11.8 Å². The molecule has 1 fully saturated rings. The molecule has 1 N–H and O–H groups in total. The lowest BCUT2D eigenvalue weighted by Crippen LogP contribution is -2.31. The Morgan fingerprint density at radius 3 is 2.93 bits per heavy atom. The van der Waals surface area contributed by atoms with Crippen LogP contribution in [0.3, 0.4) is 0 Å². The quantitative estimate of drug-likeness (QED) is 0.721. The van der Waals surface area contributed by atoms with E-state index >= 15 is 0 Å². The second-order valence-electron chi connectivity index (χ2n) is 3.65. The topological polar surface area (TPSA) is 40.5 Å². The number of rotatable bonds is 4. The predicted molar refractivity (Wildman–Crippen MR) is 59.8 cm³/mol. The summed E-state index contributed by atoms with van der Waals surface area (Å²) < 4.78 is 0. The van der Waals surface area contributed by atoms with E-state index in [2.05, 4.69) is 11.9 Å². The third-order valence-electron chi connectivity index (χ3n) is 2.55. The van der Waals surface area contributed by atoms with Gasteiger partial charge in [-0.1, -0.05) is 6.08 Å². The van der Waals surface area contributed by atoms with Gasteiger partial charge in [-0.15, -0.1) is 0 Å². The molecule has 4 heteroatoms. The van der Waals surface area contributed by atoms with Gasteiger partial charge >= 0.3 is 5.97 Å². The molecule has 80 valence electrons. The Morgan fingerprint density at radius 2 is 2.43 bits per heavy atom. The molecule has 1 saturated heterocycles. The summed E-state index contributed by atoms with van der Waals surface area (Å²) >= 11 is 1.97. The number of thioether (sulfide) groups is 1. The highest BCUT2D eigenvalue weighted by atomic mass is 32.2. The van der Waals surface area contributed by atoms with Gasteiger partial charge in [0.1, 0.15) is 0 Å². The van der Waals surface area contributed by atoms with E-state index < -0.39 is 5.97 Å². The van der Waals surface area contributed by atoms with E-state index in [0.717, 1.165) is 6.54 Å². The van der Waals surface area contributed by atoms with Crippen LogP contribution in [0.5, 0.6) is 0 Å². The van der Waals surface area contributed by atoms with E-state index in [-0.39, 0.29) is 0 Å². The van der Waals surface area contributed by atoms with E-state index in [0.29, 0.717) is 11.6 Å². The third-order valence-corrected chi connectivity index (χ3v) is 3.70. The van der Waals surface area contributed by atoms with Gasteiger partial charge in [-0.25, -0.2) is 4.79 Å². The Kier molecular flexibility index (Phi) is 4.48. The minimum absolute atomic E-state index is 0.433. The lowest BCUT2D eigenvalue weighted by Gasteiger charge is -2.21. The van der Waals surface area contributed by atoms with Crippen molar-refractivity contribution in [2.75, 3.05) is 25.1 Å². The molecular weight excluding hydrogens is 198 g/mol. The van der Waals surface area contributed by atoms with Gasteiger partial charge in [0.15, 0.2) is 0 Å². The molecule has 0 amide bonds. The zero-order valence-corrected chi connectivity index (χ0v) is 9.51. The second-order valence-corrected chi connectivity index (χ2v) is 4.80. The van der Waals surface area contributed by atoms with Crippen LogP contribution in [0.4, 0.5) is 0 Å². The van der Waals surface area contributed by atoms with Crippen LogP contribution in [0.2, 0.25) is 0 Å². The average Bonchev–Trinajstić information content (AvgIpc) is 2.66. The highest BCUT2D eigenvalue weighted by Gasteiger charge is 2.18. The first-order valence-corrected chi connectivity index (χ1v) is 5.94. The number of carbonyl (C=O) groups is 1. The van der Waals surface area contributed by atoms with Crippen molar-refractivity contribution in [3.05, 3.63) is 11.6 Å². The molecule has 1 aliphatic rings. The van der Waals surface area contributed by atoms with Gasteiger partial charge in [0.05, 0.1) is 0 Å². The minimum Gasteiger partial charge on any atom is -0.478 e. The van der Waals surface area contributed by atoms with Crippen LogP contribution in [0, 0.1) is 0 Å². The van der Waals surface area contributed by atoms with Crippen molar-refractivity contribution in [1.29, 1.82) is 0 Å². The van der Waals surface area contributed by atoms with Gasteiger partial charge in [0.25, 0.3) is 0 Å². The number of hydrogen-bond donors (Lipinski definition) is 1. The first-order valence-electron chi connectivity index (χ1n) is 4.79. The fraction of sp³-hybridized carbons (Fsp3) is 0.700. The molecular formula is C10H17NO2S. The van der Waals surface area contributed by atoms with Gasteiger partial charge < -0.3 is 5.11 Å². The molecule has 0 aromatic heterocycles. The number of likely N-dealkylation sites (N-methyl/N-ethyl adjacent to an activating group) is 1. The van der Waals surface area contributed by atoms with Crippen LogP contribution >= 0.6 is 11.8 Å². The smallest absolute Gasteiger partial charge is 0.330 e. The molecule has 0 aliphatic carbocycles. The number of nitrogens with zero attached hydrogens (tertiary/aromatic N) is 1. The highest BCUT2D eigenvalue weighted by molar-refractivity contribution is 7.99. The van der Waals surface area contributed by atoms with E-state index in [9.17, 15) is 4.79 Å². The van der Waals surface area contributed by atoms with E-state index in [1.54, 1.807) is 13.0 Å². The molecule has 0 radical (unpaired) electrons. The number of aliphatic carboxylic acids is 1. The van der Waals surface area contributed by atoms with E-state index in [1.807, 2.05) is 11.8 Å². The Labute approximate surface area is 89.2 Å². The molecule has 0 bridgehead atoms. The van der Waals surface area contributed by atoms with Crippen molar-refractivity contribution in [2.24, 2.45) is 0 Å². The molecule has 0 aromatic carbocycles. The van der Waals surface area contributed by atoms with Crippen LogP contribution < -0.4 is 0 Å². The number of hydrogen-bond acceptors (Lipinski definition) is 3. The zero-order valence-electron chi connectivity index (χ0n) is 8.69. The molecule has 1 heterocycles. The average molecular weight is 215 g/mol. The maximum Gasteiger partial charge on any atom is 0.330 e. The molecule has 0 saturated carbocycles. The molecule has 1 rings (SSSR count). The Morgan fingerprint density at radius 1 is 1.71 bits per heavy atom. The summed E-state index contributed by atoms with van der Waals surface area (Å²) in [6.45, 7) is 2.38. The summed E-state index contributed by atoms with van der Waals surface area (Å²) in [5.41, 5.74) is 0.433. The summed E-state index contributed by atoms with van der Waals surface area (Å²) in [6.07, 6.45) is 3.01. The molecule has 0 aromatic rings. The van der Waals surface area contributed by atoms with E-state index in [4.69, 9.17) is 5.11 Å². The SMILES string of the molecule is CC(=CCN(C)C1CCSC1)C(=O)O. The maximum atomic E-state index is 10.5. The zero-order chi connectivity index (χ0) is 10.6. The molecule has 0 spiro atoms. The van der Waals surface area contributed by atoms with Crippen LogP contribution in [-0.4, -0.2) is 47.1 Å². The van der Waals surface area contributed by atoms with Crippen molar-refractivity contribution < 1.29 is 9.90 Å². The first-order chi connectivity index (χ1) is 6.61. The number of carboxylic acids is 1. The molecule has 14 heavy (non-hydrogen) atoms. The maximum absolute atomic E-state index is 10.5. The first kappa shape index (κ1) is 11.6. The van der Waals surface area contributed by atoms with Crippen molar-refractivity contribution in [1.82, 2.24) is 4.90 Å². The van der Waals surface area contributed by atoms with Crippen molar-refractivity contribution in [3.8, 4) is 0 Å². The van der Waals surface area contributed by atoms with Crippen molar-refractivity contribution in [3.63, 3.8) is 0 Å². The Balaban J connectivity index is 2.36. The Bertz CT molecular complexity index is 234.